The van der Waals surface area contributed by atoms with Gasteiger partial charge >= 0.3 is 43.7 Å². The van der Waals surface area contributed by atoms with Gasteiger partial charge in [-0.3, -0.25) is 9.59 Å². The van der Waals surface area contributed by atoms with Crippen LogP contribution in [0.3, 0.4) is 0 Å². The van der Waals surface area contributed by atoms with Gasteiger partial charge in [0.1, 0.15) is 6.04 Å². The van der Waals surface area contributed by atoms with Crippen LogP contribution in [0.1, 0.15) is 36.2 Å². The van der Waals surface area contributed by atoms with Crippen molar-refractivity contribution in [3.8, 4) is 0 Å². The molecule has 0 aliphatic carbocycles. The molecule has 5 heteroatoms. The van der Waals surface area contributed by atoms with Gasteiger partial charge in [-0.25, -0.2) is 0 Å². The second-order valence-electron chi connectivity index (χ2n) is 5.64. The maximum absolute atomic E-state index is 11.8. The van der Waals surface area contributed by atoms with E-state index in [1.807, 2.05) is 74.5 Å². The predicted molar refractivity (Wildman–Crippen MR) is 99.9 cm³/mol. The molecule has 0 radical (unpaired) electrons. The van der Waals surface area contributed by atoms with Crippen molar-refractivity contribution < 1.29 is 14.7 Å². The zero-order chi connectivity index (χ0) is 17.2. The van der Waals surface area contributed by atoms with E-state index in [9.17, 15) is 9.59 Å². The number of ketones is 1. The van der Waals surface area contributed by atoms with E-state index in [0.717, 1.165) is 11.1 Å². The Labute approximate surface area is 173 Å². The Bertz CT molecular complexity index is 574. The summed E-state index contributed by atoms with van der Waals surface area (Å²) in [6, 6.07) is 17.9. The molecule has 0 aliphatic rings. The normalized spacial score (nSPS) is 10.8. The van der Waals surface area contributed by atoms with Gasteiger partial charge in [0.05, 0.1) is 0 Å². The molecule has 126 valence electrons. The van der Waals surface area contributed by atoms with Gasteiger partial charge in [0, 0.05) is 11.1 Å². The number of carboxylic acids is 1. The summed E-state index contributed by atoms with van der Waals surface area (Å²) in [6.45, 7) is 3.89. The summed E-state index contributed by atoms with van der Waals surface area (Å²) >= 11 is 0. The average molecular weight is 355 g/mol. The topological polar surface area (TPSA) is 80.4 Å². The van der Waals surface area contributed by atoms with Crippen molar-refractivity contribution in [2.75, 3.05) is 0 Å². The van der Waals surface area contributed by atoms with Gasteiger partial charge in [0.15, 0.2) is 5.78 Å². The number of carbonyl (C=O) groups is 2. The second-order valence-corrected chi connectivity index (χ2v) is 5.64. The third kappa shape index (κ3) is 8.60. The fourth-order valence-corrected chi connectivity index (χ4v) is 1.95. The molecule has 0 fully saturated rings. The van der Waals surface area contributed by atoms with Crippen molar-refractivity contribution in [2.45, 2.75) is 26.3 Å². The third-order valence-electron chi connectivity index (χ3n) is 3.11. The molecule has 2 aromatic rings. The van der Waals surface area contributed by atoms with Crippen molar-refractivity contribution in [3.05, 3.63) is 71.8 Å². The van der Waals surface area contributed by atoms with Gasteiger partial charge in [0.25, 0.3) is 0 Å². The van der Waals surface area contributed by atoms with Gasteiger partial charge < -0.3 is 10.8 Å². The number of nitrogens with two attached hydrogens (primary N) is 1. The van der Waals surface area contributed by atoms with Crippen LogP contribution in [0.5, 0.6) is 0 Å². The van der Waals surface area contributed by atoms with E-state index in [2.05, 4.69) is 0 Å². The first kappa shape index (κ1) is 22.8. The molecule has 2 rings (SSSR count). The molecule has 0 bridgehead atoms. The van der Waals surface area contributed by atoms with E-state index in [0.29, 0.717) is 12.3 Å². The first-order valence-electron chi connectivity index (χ1n) is 7.55. The number of carboxylic acid groups (broad SMARTS) is 1. The van der Waals surface area contributed by atoms with E-state index in [4.69, 9.17) is 10.8 Å². The molecule has 1 unspecified atom stereocenters. The number of carbonyl (C=O) groups excluding carboxylic acids is 1. The number of rotatable bonds is 5. The van der Waals surface area contributed by atoms with Crippen LogP contribution >= 0.6 is 0 Å². The Balaban J connectivity index is 0.000000468. The van der Waals surface area contributed by atoms with E-state index >= 15 is 0 Å². The summed E-state index contributed by atoms with van der Waals surface area (Å²) in [5, 5.41) is 8.31. The van der Waals surface area contributed by atoms with E-state index in [1.54, 1.807) is 0 Å². The Hall–Kier alpha value is -1.20. The first-order valence-corrected chi connectivity index (χ1v) is 7.55. The molecule has 0 aromatic heterocycles. The van der Waals surface area contributed by atoms with E-state index in [1.165, 1.54) is 0 Å². The van der Waals surface area contributed by atoms with Crippen LogP contribution in [0, 0.1) is 5.92 Å². The summed E-state index contributed by atoms with van der Waals surface area (Å²) < 4.78 is 0. The van der Waals surface area contributed by atoms with Crippen LogP contribution in [0.15, 0.2) is 60.7 Å². The number of hydrogen-bond acceptors (Lipinski definition) is 3. The van der Waals surface area contributed by atoms with Gasteiger partial charge in [-0.2, -0.15) is 0 Å². The van der Waals surface area contributed by atoms with Gasteiger partial charge in [0.2, 0.25) is 0 Å². The van der Waals surface area contributed by atoms with Gasteiger partial charge in [-0.1, -0.05) is 74.5 Å². The molecular weight excluding hydrogens is 330 g/mol. The molecule has 0 spiro atoms. The van der Waals surface area contributed by atoms with Gasteiger partial charge in [-0.05, 0) is 12.3 Å². The summed E-state index contributed by atoms with van der Waals surface area (Å²) in [5.74, 6) is -0.481. The minimum absolute atomic E-state index is 0. The molecule has 0 heterocycles. The van der Waals surface area contributed by atoms with Crippen LogP contribution in [0.2, 0.25) is 0 Å². The third-order valence-corrected chi connectivity index (χ3v) is 3.11. The summed E-state index contributed by atoms with van der Waals surface area (Å²) in [5.41, 5.74) is 6.69. The molecule has 0 saturated heterocycles. The van der Waals surface area contributed by atoms with Crippen molar-refractivity contribution >= 4 is 49.5 Å². The summed E-state index contributed by atoms with van der Waals surface area (Å²) in [7, 11) is 0. The average Bonchev–Trinajstić information content (AvgIpc) is 2.55. The maximum atomic E-state index is 11.8. The molecular formula is C19H25CaNO3. The Morgan fingerprint density at radius 2 is 1.29 bits per heavy atom. The fourth-order valence-electron chi connectivity index (χ4n) is 1.95. The second kappa shape index (κ2) is 12.2. The van der Waals surface area contributed by atoms with Gasteiger partial charge in [-0.15, -0.1) is 0 Å². The number of benzene rings is 2. The molecule has 1 atom stereocenters. The molecule has 0 saturated carbocycles. The van der Waals surface area contributed by atoms with Crippen LogP contribution < -0.4 is 5.73 Å². The SMILES string of the molecule is CC(C)CC(N)C(=O)O.O=C(c1ccccc1)c1ccccc1.[CaH2]. The zero-order valence-electron chi connectivity index (χ0n) is 13.5. The Morgan fingerprint density at radius 1 is 0.917 bits per heavy atom. The Morgan fingerprint density at radius 3 is 1.54 bits per heavy atom. The minimum atomic E-state index is -0.913. The molecule has 2 aromatic carbocycles. The van der Waals surface area contributed by atoms with E-state index in [-0.39, 0.29) is 43.5 Å². The predicted octanol–water partition coefficient (Wildman–Crippen LogP) is 2.45. The standard InChI is InChI=1S/C13H10O.C6H13NO2.Ca.2H/c14-13(11-7-3-1-4-8-11)12-9-5-2-6-10-12;1-4(2)3-5(7)6(8)9;;;/h1-10H;4-5H,3,7H2,1-2H3,(H,8,9);;;. The van der Waals surface area contributed by atoms with Crippen molar-refractivity contribution in [1.82, 2.24) is 0 Å². The molecule has 4 nitrogen and oxygen atoms in total. The molecule has 0 aliphatic heterocycles. The number of hydrogen-bond donors (Lipinski definition) is 2. The Kier molecular flexibility index (Phi) is 11.6. The molecule has 0 amide bonds. The zero-order valence-corrected chi connectivity index (χ0v) is 13.5. The van der Waals surface area contributed by atoms with E-state index < -0.39 is 12.0 Å². The molecule has 3 N–H and O–H groups in total. The number of aliphatic carboxylic acids is 1. The van der Waals surface area contributed by atoms with Crippen molar-refractivity contribution in [2.24, 2.45) is 11.7 Å². The fraction of sp³-hybridized carbons (Fsp3) is 0.263. The van der Waals surface area contributed by atoms with Crippen molar-refractivity contribution in [1.29, 1.82) is 0 Å². The first-order chi connectivity index (χ1) is 10.9. The van der Waals surface area contributed by atoms with Crippen molar-refractivity contribution in [3.63, 3.8) is 0 Å². The van der Waals surface area contributed by atoms with Crippen LogP contribution in [0.25, 0.3) is 0 Å². The van der Waals surface area contributed by atoms with Crippen LogP contribution in [-0.4, -0.2) is 60.6 Å². The molecule has 24 heavy (non-hydrogen) atoms. The van der Waals surface area contributed by atoms with Crippen LogP contribution in [0.4, 0.5) is 0 Å². The summed E-state index contributed by atoms with van der Waals surface area (Å²) in [6.07, 6.45) is 0.551. The summed E-state index contributed by atoms with van der Waals surface area (Å²) in [4.78, 5) is 22.0. The monoisotopic (exact) mass is 355 g/mol. The quantitative estimate of drug-likeness (QED) is 0.638. The van der Waals surface area contributed by atoms with Crippen LogP contribution in [-0.2, 0) is 4.79 Å².